The lowest BCUT2D eigenvalue weighted by atomic mass is 10.3. The number of benzene rings is 1. The van der Waals surface area contributed by atoms with Gasteiger partial charge in [-0.05, 0) is 24.3 Å². The Labute approximate surface area is 111 Å². The molecule has 0 aliphatic carbocycles. The molecule has 0 spiro atoms. The van der Waals surface area contributed by atoms with Crippen LogP contribution in [-0.4, -0.2) is 32.0 Å². The zero-order chi connectivity index (χ0) is 12.8. The summed E-state index contributed by atoms with van der Waals surface area (Å²) in [5.74, 6) is -1.07. The summed E-state index contributed by atoms with van der Waals surface area (Å²) in [4.78, 5) is 23.8. The summed E-state index contributed by atoms with van der Waals surface area (Å²) in [7, 11) is 1.55. The van der Waals surface area contributed by atoms with Gasteiger partial charge >= 0.3 is 0 Å². The fraction of sp³-hybridized carbons (Fsp3) is 0.273. The highest BCUT2D eigenvalue weighted by molar-refractivity contribution is 5.96. The molecule has 0 unspecified atom stereocenters. The van der Waals surface area contributed by atoms with Gasteiger partial charge in [-0.25, -0.2) is 4.39 Å². The van der Waals surface area contributed by atoms with E-state index in [1.807, 2.05) is 0 Å². The topological polar surface area (TPSA) is 75.4 Å². The zero-order valence-corrected chi connectivity index (χ0v) is 10.7. The number of nitrogens with zero attached hydrogens (tertiary/aromatic N) is 1. The van der Waals surface area contributed by atoms with E-state index in [9.17, 15) is 14.0 Å². The number of rotatable bonds is 4. The molecule has 0 radical (unpaired) electrons. The van der Waals surface area contributed by atoms with Crippen LogP contribution in [0.4, 0.5) is 10.1 Å². The lowest BCUT2D eigenvalue weighted by molar-refractivity contribution is -0.124. The van der Waals surface area contributed by atoms with Crippen molar-refractivity contribution in [2.75, 3.05) is 25.0 Å². The summed E-state index contributed by atoms with van der Waals surface area (Å²) in [5, 5.41) is 2.36. The van der Waals surface area contributed by atoms with E-state index < -0.39 is 5.91 Å². The van der Waals surface area contributed by atoms with E-state index in [2.05, 4.69) is 5.32 Å². The standard InChI is InChI=1S/C11H14FN3O2.ClH/c1-15(9-4-2-8(12)3-5-9)11(17)7-14-10(16)6-13;/h2-5H,6-7,13H2,1H3,(H,14,16);1H. The van der Waals surface area contributed by atoms with Gasteiger partial charge < -0.3 is 16.0 Å². The third kappa shape index (κ3) is 4.68. The molecule has 0 aliphatic rings. The van der Waals surface area contributed by atoms with Crippen LogP contribution in [0.15, 0.2) is 24.3 Å². The van der Waals surface area contributed by atoms with E-state index >= 15 is 0 Å². The molecule has 0 aromatic heterocycles. The molecule has 5 nitrogen and oxygen atoms in total. The smallest absolute Gasteiger partial charge is 0.246 e. The third-order valence-electron chi connectivity index (χ3n) is 2.21. The molecular formula is C11H15ClFN3O2. The van der Waals surface area contributed by atoms with Crippen molar-refractivity contribution in [3.63, 3.8) is 0 Å². The number of anilines is 1. The quantitative estimate of drug-likeness (QED) is 0.829. The maximum atomic E-state index is 12.7. The lowest BCUT2D eigenvalue weighted by Crippen LogP contribution is -2.40. The first-order chi connectivity index (χ1) is 8.04. The highest BCUT2D eigenvalue weighted by Gasteiger charge is 2.11. The van der Waals surface area contributed by atoms with E-state index in [4.69, 9.17) is 5.73 Å². The SMILES string of the molecule is CN(C(=O)CNC(=O)CN)c1ccc(F)cc1.Cl. The summed E-state index contributed by atoms with van der Waals surface area (Å²) in [5.41, 5.74) is 5.64. The predicted octanol–water partition coefficient (Wildman–Crippen LogP) is 0.285. The Morgan fingerprint density at radius 1 is 1.33 bits per heavy atom. The van der Waals surface area contributed by atoms with Crippen molar-refractivity contribution in [1.82, 2.24) is 5.32 Å². The number of nitrogens with one attached hydrogen (secondary N) is 1. The Morgan fingerprint density at radius 2 is 1.89 bits per heavy atom. The van der Waals surface area contributed by atoms with Gasteiger partial charge in [-0.1, -0.05) is 0 Å². The molecule has 1 aromatic rings. The van der Waals surface area contributed by atoms with Crippen LogP contribution in [0.25, 0.3) is 0 Å². The number of carbonyl (C=O) groups is 2. The fourth-order valence-corrected chi connectivity index (χ4v) is 1.17. The van der Waals surface area contributed by atoms with Gasteiger partial charge in [0.2, 0.25) is 11.8 Å². The minimum absolute atomic E-state index is 0. The van der Waals surface area contributed by atoms with E-state index in [1.165, 1.54) is 29.2 Å². The van der Waals surface area contributed by atoms with Gasteiger partial charge in [0.25, 0.3) is 0 Å². The number of amides is 2. The van der Waals surface area contributed by atoms with Crippen molar-refractivity contribution in [1.29, 1.82) is 0 Å². The summed E-state index contributed by atoms with van der Waals surface area (Å²) >= 11 is 0. The summed E-state index contributed by atoms with van der Waals surface area (Å²) in [6.45, 7) is -0.294. The largest absolute Gasteiger partial charge is 0.346 e. The summed E-state index contributed by atoms with van der Waals surface area (Å²) < 4.78 is 12.7. The molecule has 0 heterocycles. The average Bonchev–Trinajstić information content (AvgIpc) is 2.35. The lowest BCUT2D eigenvalue weighted by Gasteiger charge is -2.17. The molecule has 0 aliphatic heterocycles. The number of hydrogen-bond acceptors (Lipinski definition) is 3. The van der Waals surface area contributed by atoms with Gasteiger partial charge in [0.05, 0.1) is 13.1 Å². The van der Waals surface area contributed by atoms with Crippen LogP contribution < -0.4 is 16.0 Å². The fourth-order valence-electron chi connectivity index (χ4n) is 1.17. The van der Waals surface area contributed by atoms with Crippen LogP contribution in [0, 0.1) is 5.82 Å². The van der Waals surface area contributed by atoms with Gasteiger partial charge in [0.1, 0.15) is 5.82 Å². The molecule has 100 valence electrons. The molecule has 0 atom stereocenters. The van der Waals surface area contributed by atoms with Gasteiger partial charge in [0.15, 0.2) is 0 Å². The predicted molar refractivity (Wildman–Crippen MR) is 69.1 cm³/mol. The van der Waals surface area contributed by atoms with Gasteiger partial charge in [-0.2, -0.15) is 0 Å². The molecule has 0 bridgehead atoms. The Morgan fingerprint density at radius 3 is 2.39 bits per heavy atom. The van der Waals surface area contributed by atoms with Gasteiger partial charge in [0, 0.05) is 12.7 Å². The third-order valence-corrected chi connectivity index (χ3v) is 2.21. The molecule has 3 N–H and O–H groups in total. The monoisotopic (exact) mass is 275 g/mol. The maximum absolute atomic E-state index is 12.7. The highest BCUT2D eigenvalue weighted by Crippen LogP contribution is 2.12. The van der Waals surface area contributed by atoms with Crippen molar-refractivity contribution in [3.8, 4) is 0 Å². The van der Waals surface area contributed by atoms with Gasteiger partial charge in [-0.15, -0.1) is 12.4 Å². The Bertz CT molecular complexity index is 411. The molecule has 0 fully saturated rings. The Balaban J connectivity index is 0.00000289. The highest BCUT2D eigenvalue weighted by atomic mass is 35.5. The van der Waals surface area contributed by atoms with Crippen molar-refractivity contribution < 1.29 is 14.0 Å². The summed E-state index contributed by atoms with van der Waals surface area (Å²) in [6, 6.07) is 5.49. The van der Waals surface area contributed by atoms with Crippen molar-refractivity contribution in [2.45, 2.75) is 0 Å². The Kier molecular flexibility index (Phi) is 6.92. The average molecular weight is 276 g/mol. The molecule has 1 rings (SSSR count). The van der Waals surface area contributed by atoms with Crippen molar-refractivity contribution >= 4 is 29.9 Å². The number of likely N-dealkylation sites (N-methyl/N-ethyl adjacent to an activating group) is 1. The minimum Gasteiger partial charge on any atom is -0.346 e. The van der Waals surface area contributed by atoms with Crippen LogP contribution in [0.2, 0.25) is 0 Å². The number of halogens is 2. The Hall–Kier alpha value is -1.66. The maximum Gasteiger partial charge on any atom is 0.246 e. The molecule has 1 aromatic carbocycles. The summed E-state index contributed by atoms with van der Waals surface area (Å²) in [6.07, 6.45) is 0. The second-order valence-corrected chi connectivity index (χ2v) is 3.41. The molecule has 7 heteroatoms. The van der Waals surface area contributed by atoms with E-state index in [0.29, 0.717) is 5.69 Å². The van der Waals surface area contributed by atoms with E-state index in [1.54, 1.807) is 7.05 Å². The number of carbonyl (C=O) groups excluding carboxylic acids is 2. The van der Waals surface area contributed by atoms with Crippen LogP contribution in [0.1, 0.15) is 0 Å². The van der Waals surface area contributed by atoms with Crippen LogP contribution in [-0.2, 0) is 9.59 Å². The van der Waals surface area contributed by atoms with E-state index in [-0.39, 0.29) is 37.2 Å². The molecule has 2 amide bonds. The zero-order valence-electron chi connectivity index (χ0n) is 9.85. The second-order valence-electron chi connectivity index (χ2n) is 3.41. The molecule has 0 saturated heterocycles. The van der Waals surface area contributed by atoms with Crippen molar-refractivity contribution in [3.05, 3.63) is 30.1 Å². The molecule has 18 heavy (non-hydrogen) atoms. The van der Waals surface area contributed by atoms with E-state index in [0.717, 1.165) is 0 Å². The van der Waals surface area contributed by atoms with Crippen LogP contribution in [0.5, 0.6) is 0 Å². The first-order valence-electron chi connectivity index (χ1n) is 5.03. The van der Waals surface area contributed by atoms with Crippen LogP contribution in [0.3, 0.4) is 0 Å². The molecule has 0 saturated carbocycles. The number of nitrogens with two attached hydrogens (primary N) is 1. The normalized spacial score (nSPS) is 9.28. The van der Waals surface area contributed by atoms with Gasteiger partial charge in [-0.3, -0.25) is 9.59 Å². The first kappa shape index (κ1) is 16.3. The van der Waals surface area contributed by atoms with Crippen molar-refractivity contribution in [2.24, 2.45) is 5.73 Å². The minimum atomic E-state index is -0.397. The second kappa shape index (κ2) is 7.62. The first-order valence-corrected chi connectivity index (χ1v) is 5.03. The van der Waals surface area contributed by atoms with Crippen LogP contribution >= 0.6 is 12.4 Å². The molecular weight excluding hydrogens is 261 g/mol. The number of hydrogen-bond donors (Lipinski definition) is 2.